The topological polar surface area (TPSA) is 40.7 Å². The summed E-state index contributed by atoms with van der Waals surface area (Å²) in [6.45, 7) is 2.29. The van der Waals surface area contributed by atoms with E-state index in [1.54, 1.807) is 0 Å². The second-order valence-electron chi connectivity index (χ2n) is 3.04. The molecule has 0 bridgehead atoms. The molecule has 1 fully saturated rings. The molecule has 13 heavy (non-hydrogen) atoms. The highest BCUT2D eigenvalue weighted by Gasteiger charge is 2.15. The molecule has 1 aromatic rings. The van der Waals surface area contributed by atoms with Crippen LogP contribution in [0.25, 0.3) is 0 Å². The number of hydrogen-bond acceptors (Lipinski definition) is 2. The van der Waals surface area contributed by atoms with E-state index in [1.807, 2.05) is 6.20 Å². The van der Waals surface area contributed by atoms with Crippen molar-refractivity contribution in [2.24, 2.45) is 0 Å². The van der Waals surface area contributed by atoms with Gasteiger partial charge in [-0.3, -0.25) is 5.10 Å². The quantitative estimate of drug-likeness (QED) is 0.762. The zero-order chi connectivity index (χ0) is 7.52. The fraction of sp³-hybridized carbons (Fsp3) is 0.625. The summed E-state index contributed by atoms with van der Waals surface area (Å²) in [6, 6.07) is 2.08. The summed E-state index contributed by atoms with van der Waals surface area (Å²) >= 11 is 0. The molecule has 0 unspecified atom stereocenters. The van der Waals surface area contributed by atoms with Gasteiger partial charge in [-0.2, -0.15) is 5.10 Å². The number of aromatic nitrogens is 2. The van der Waals surface area contributed by atoms with Gasteiger partial charge in [-0.05, 0) is 32.0 Å². The Labute approximate surface area is 90.5 Å². The van der Waals surface area contributed by atoms with Crippen molar-refractivity contribution in [2.45, 2.75) is 18.8 Å². The Hall–Kier alpha value is -0.250. The van der Waals surface area contributed by atoms with Crippen molar-refractivity contribution >= 4 is 24.8 Å². The van der Waals surface area contributed by atoms with Gasteiger partial charge in [0.05, 0.1) is 0 Å². The lowest BCUT2D eigenvalue weighted by Crippen LogP contribution is -2.26. The SMILES string of the molecule is Cl.Cl.c1cc(C2CCNCC2)[nH]n1. The second kappa shape index (κ2) is 6.24. The normalized spacial score (nSPS) is 17.2. The van der Waals surface area contributed by atoms with Crippen LogP contribution in [-0.4, -0.2) is 23.3 Å². The van der Waals surface area contributed by atoms with Crippen molar-refractivity contribution in [1.82, 2.24) is 15.5 Å². The first kappa shape index (κ1) is 12.8. The van der Waals surface area contributed by atoms with Crippen molar-refractivity contribution in [3.05, 3.63) is 18.0 Å². The van der Waals surface area contributed by atoms with Crippen molar-refractivity contribution in [1.29, 1.82) is 0 Å². The minimum absolute atomic E-state index is 0. The van der Waals surface area contributed by atoms with Gasteiger partial charge < -0.3 is 5.32 Å². The Morgan fingerprint density at radius 3 is 2.46 bits per heavy atom. The monoisotopic (exact) mass is 223 g/mol. The second-order valence-corrected chi connectivity index (χ2v) is 3.04. The summed E-state index contributed by atoms with van der Waals surface area (Å²) in [6.07, 6.45) is 4.31. The predicted octanol–water partition coefficient (Wildman–Crippen LogP) is 1.72. The van der Waals surface area contributed by atoms with E-state index < -0.39 is 0 Å². The third kappa shape index (κ3) is 3.18. The van der Waals surface area contributed by atoms with Crippen LogP contribution in [0.2, 0.25) is 0 Å². The van der Waals surface area contributed by atoms with Gasteiger partial charge in [-0.1, -0.05) is 0 Å². The van der Waals surface area contributed by atoms with Crippen molar-refractivity contribution in [2.75, 3.05) is 13.1 Å². The van der Waals surface area contributed by atoms with Gasteiger partial charge in [0.25, 0.3) is 0 Å². The molecule has 0 aromatic carbocycles. The summed E-state index contributed by atoms with van der Waals surface area (Å²) in [5, 5.41) is 10.3. The Bertz CT molecular complexity index is 207. The first-order valence-electron chi connectivity index (χ1n) is 4.17. The van der Waals surface area contributed by atoms with Crippen LogP contribution >= 0.6 is 24.8 Å². The molecule has 76 valence electrons. The summed E-state index contributed by atoms with van der Waals surface area (Å²) in [5.74, 6) is 0.707. The van der Waals surface area contributed by atoms with E-state index in [-0.39, 0.29) is 24.8 Å². The van der Waals surface area contributed by atoms with Gasteiger partial charge in [0.2, 0.25) is 0 Å². The van der Waals surface area contributed by atoms with Crippen molar-refractivity contribution in [3.63, 3.8) is 0 Å². The third-order valence-electron chi connectivity index (χ3n) is 2.30. The maximum absolute atomic E-state index is 3.95. The average Bonchev–Trinajstić information content (AvgIpc) is 2.58. The fourth-order valence-corrected chi connectivity index (χ4v) is 1.63. The van der Waals surface area contributed by atoms with Gasteiger partial charge in [0.1, 0.15) is 0 Å². The Morgan fingerprint density at radius 2 is 1.92 bits per heavy atom. The molecule has 0 spiro atoms. The minimum atomic E-state index is 0. The lowest BCUT2D eigenvalue weighted by Gasteiger charge is -2.20. The standard InChI is InChI=1S/C8H13N3.2ClH/c1-4-9-5-2-7(1)8-3-6-10-11-8;;/h3,6-7,9H,1-2,4-5H2,(H,10,11);2*1H. The summed E-state index contributed by atoms with van der Waals surface area (Å²) in [7, 11) is 0. The first-order chi connectivity index (χ1) is 5.47. The third-order valence-corrected chi connectivity index (χ3v) is 2.30. The van der Waals surface area contributed by atoms with Crippen molar-refractivity contribution < 1.29 is 0 Å². The maximum Gasteiger partial charge on any atom is 0.0490 e. The van der Waals surface area contributed by atoms with E-state index in [0.29, 0.717) is 5.92 Å². The lowest BCUT2D eigenvalue weighted by molar-refractivity contribution is 0.453. The largest absolute Gasteiger partial charge is 0.317 e. The fourth-order valence-electron chi connectivity index (χ4n) is 1.63. The molecule has 2 rings (SSSR count). The van der Waals surface area contributed by atoms with Gasteiger partial charge in [0.15, 0.2) is 0 Å². The van der Waals surface area contributed by atoms with Gasteiger partial charge >= 0.3 is 0 Å². The molecule has 0 atom stereocenters. The smallest absolute Gasteiger partial charge is 0.0490 e. The summed E-state index contributed by atoms with van der Waals surface area (Å²) in [4.78, 5) is 0. The highest BCUT2D eigenvalue weighted by Crippen LogP contribution is 2.22. The number of H-pyrrole nitrogens is 1. The molecule has 0 aliphatic carbocycles. The Kier molecular flexibility index (Phi) is 6.12. The van der Waals surface area contributed by atoms with E-state index in [1.165, 1.54) is 18.5 Å². The minimum Gasteiger partial charge on any atom is -0.317 e. The zero-order valence-electron chi connectivity index (χ0n) is 7.32. The van der Waals surface area contributed by atoms with Crippen LogP contribution < -0.4 is 5.32 Å². The molecule has 2 N–H and O–H groups in total. The molecule has 1 aliphatic heterocycles. The van der Waals surface area contributed by atoms with E-state index >= 15 is 0 Å². The number of nitrogens with one attached hydrogen (secondary N) is 2. The lowest BCUT2D eigenvalue weighted by atomic mass is 9.95. The Morgan fingerprint density at radius 1 is 1.23 bits per heavy atom. The number of halogens is 2. The van der Waals surface area contributed by atoms with Crippen LogP contribution in [-0.2, 0) is 0 Å². The molecule has 1 aromatic heterocycles. The van der Waals surface area contributed by atoms with E-state index in [2.05, 4.69) is 21.6 Å². The van der Waals surface area contributed by atoms with Crippen LogP contribution in [0.5, 0.6) is 0 Å². The Balaban J connectivity index is 0.000000720. The molecule has 3 nitrogen and oxygen atoms in total. The van der Waals surface area contributed by atoms with Crippen LogP contribution in [0.1, 0.15) is 24.5 Å². The highest BCUT2D eigenvalue weighted by atomic mass is 35.5. The van der Waals surface area contributed by atoms with E-state index in [4.69, 9.17) is 0 Å². The van der Waals surface area contributed by atoms with Crippen LogP contribution in [0.3, 0.4) is 0 Å². The average molecular weight is 224 g/mol. The summed E-state index contributed by atoms with van der Waals surface area (Å²) < 4.78 is 0. The van der Waals surface area contributed by atoms with Gasteiger partial charge in [0, 0.05) is 17.8 Å². The first-order valence-corrected chi connectivity index (χ1v) is 4.17. The number of hydrogen-bond donors (Lipinski definition) is 2. The van der Waals surface area contributed by atoms with Gasteiger partial charge in [-0.15, -0.1) is 24.8 Å². The van der Waals surface area contributed by atoms with Crippen LogP contribution in [0.15, 0.2) is 12.3 Å². The molecule has 0 radical (unpaired) electrons. The molecular weight excluding hydrogens is 209 g/mol. The van der Waals surface area contributed by atoms with E-state index in [9.17, 15) is 0 Å². The van der Waals surface area contributed by atoms with E-state index in [0.717, 1.165) is 13.1 Å². The zero-order valence-corrected chi connectivity index (χ0v) is 8.96. The van der Waals surface area contributed by atoms with Gasteiger partial charge in [-0.25, -0.2) is 0 Å². The van der Waals surface area contributed by atoms with Crippen LogP contribution in [0, 0.1) is 0 Å². The number of nitrogens with zero attached hydrogens (tertiary/aromatic N) is 1. The van der Waals surface area contributed by atoms with Crippen molar-refractivity contribution in [3.8, 4) is 0 Å². The molecule has 5 heteroatoms. The molecule has 2 heterocycles. The molecule has 0 saturated carbocycles. The molecular formula is C8H15Cl2N3. The maximum atomic E-state index is 3.95. The molecule has 1 aliphatic rings. The number of piperidine rings is 1. The predicted molar refractivity (Wildman–Crippen MR) is 57.9 cm³/mol. The number of aromatic amines is 1. The molecule has 0 amide bonds. The highest BCUT2D eigenvalue weighted by molar-refractivity contribution is 5.85. The van der Waals surface area contributed by atoms with Crippen LogP contribution in [0.4, 0.5) is 0 Å². The summed E-state index contributed by atoms with van der Waals surface area (Å²) in [5.41, 5.74) is 1.30. The molecule has 1 saturated heterocycles. The number of rotatable bonds is 1.